The smallest absolute Gasteiger partial charge is 0.271 e. The van der Waals surface area contributed by atoms with Crippen molar-refractivity contribution in [1.82, 2.24) is 14.8 Å². The molecule has 2 aromatic heterocycles. The average molecular weight is 496 g/mol. The number of benzene rings is 1. The molecular formula is C25H26BrN3O3. The molecular weight excluding hydrogens is 470 g/mol. The molecule has 1 atom stereocenters. The number of hydrogen-bond donors (Lipinski definition) is 1. The van der Waals surface area contributed by atoms with Gasteiger partial charge in [-0.1, -0.05) is 40.9 Å². The van der Waals surface area contributed by atoms with Crippen LogP contribution in [0.4, 0.5) is 0 Å². The third-order valence-electron chi connectivity index (χ3n) is 6.69. The first kappa shape index (κ1) is 21.1. The second kappa shape index (κ2) is 8.28. The molecule has 0 saturated heterocycles. The number of carbonyl (C=O) groups excluding carboxylic acids is 2. The Bertz CT molecular complexity index is 1150. The highest BCUT2D eigenvalue weighted by molar-refractivity contribution is 9.10. The second-order valence-electron chi connectivity index (χ2n) is 8.92. The zero-order valence-electron chi connectivity index (χ0n) is 18.0. The van der Waals surface area contributed by atoms with E-state index in [1.54, 1.807) is 11.2 Å². The van der Waals surface area contributed by atoms with Gasteiger partial charge in [-0.2, -0.15) is 0 Å². The van der Waals surface area contributed by atoms with Gasteiger partial charge in [0.15, 0.2) is 0 Å². The van der Waals surface area contributed by atoms with Crippen molar-refractivity contribution in [2.75, 3.05) is 0 Å². The lowest BCUT2D eigenvalue weighted by Crippen LogP contribution is -2.64. The van der Waals surface area contributed by atoms with Crippen LogP contribution in [-0.2, 0) is 17.9 Å². The summed E-state index contributed by atoms with van der Waals surface area (Å²) in [5.74, 6) is 0.429. The number of rotatable bonds is 5. The van der Waals surface area contributed by atoms with E-state index in [0.717, 1.165) is 41.4 Å². The van der Waals surface area contributed by atoms with Crippen LogP contribution in [0.5, 0.6) is 0 Å². The van der Waals surface area contributed by atoms with Crippen LogP contribution >= 0.6 is 15.9 Å². The normalized spacial score (nSPS) is 21.1. The number of nitrogens with zero attached hydrogens (tertiary/aromatic N) is 2. The minimum Gasteiger partial charge on any atom is -0.463 e. The highest BCUT2D eigenvalue weighted by atomic mass is 79.9. The SMILES string of the molecule is C[C@@]1(C(=O)NC2CCCC2)Cn2c(ccc2-c2ccco2)C(=O)N1Cc1cccc(Br)c1. The maximum Gasteiger partial charge on any atom is 0.271 e. The van der Waals surface area contributed by atoms with E-state index in [4.69, 9.17) is 4.42 Å². The molecule has 1 N–H and O–H groups in total. The van der Waals surface area contributed by atoms with E-state index in [-0.39, 0.29) is 17.9 Å². The zero-order chi connectivity index (χ0) is 22.3. The molecule has 2 amide bonds. The molecule has 0 unspecified atom stereocenters. The molecule has 6 nitrogen and oxygen atoms in total. The molecule has 1 aliphatic heterocycles. The predicted molar refractivity (Wildman–Crippen MR) is 125 cm³/mol. The number of amides is 2. The van der Waals surface area contributed by atoms with Gasteiger partial charge < -0.3 is 19.2 Å². The van der Waals surface area contributed by atoms with Crippen LogP contribution in [0.1, 0.15) is 48.7 Å². The molecule has 7 heteroatoms. The summed E-state index contributed by atoms with van der Waals surface area (Å²) in [6, 6.07) is 15.5. The van der Waals surface area contributed by atoms with Gasteiger partial charge in [-0.3, -0.25) is 9.59 Å². The Hall–Kier alpha value is -2.80. The third kappa shape index (κ3) is 3.68. The number of carbonyl (C=O) groups is 2. The summed E-state index contributed by atoms with van der Waals surface area (Å²) in [5.41, 5.74) is 1.31. The van der Waals surface area contributed by atoms with Crippen LogP contribution in [0.15, 0.2) is 63.7 Å². The number of nitrogens with one attached hydrogen (secondary N) is 1. The molecule has 166 valence electrons. The summed E-state index contributed by atoms with van der Waals surface area (Å²) in [4.78, 5) is 29.1. The van der Waals surface area contributed by atoms with Gasteiger partial charge in [0, 0.05) is 17.1 Å². The van der Waals surface area contributed by atoms with Crippen LogP contribution in [-0.4, -0.2) is 32.9 Å². The number of hydrogen-bond acceptors (Lipinski definition) is 3. The Morgan fingerprint density at radius 1 is 1.16 bits per heavy atom. The van der Waals surface area contributed by atoms with Crippen LogP contribution in [0.2, 0.25) is 0 Å². The van der Waals surface area contributed by atoms with Gasteiger partial charge in [0.25, 0.3) is 5.91 Å². The topological polar surface area (TPSA) is 67.5 Å². The van der Waals surface area contributed by atoms with Crippen molar-refractivity contribution in [3.63, 3.8) is 0 Å². The fourth-order valence-electron chi connectivity index (χ4n) is 4.89. The first-order chi connectivity index (χ1) is 15.5. The molecule has 1 aromatic carbocycles. The van der Waals surface area contributed by atoms with E-state index < -0.39 is 5.54 Å². The quantitative estimate of drug-likeness (QED) is 0.542. The molecule has 1 fully saturated rings. The lowest BCUT2D eigenvalue weighted by molar-refractivity contribution is -0.133. The Morgan fingerprint density at radius 2 is 1.94 bits per heavy atom. The van der Waals surface area contributed by atoms with Crippen molar-refractivity contribution < 1.29 is 14.0 Å². The molecule has 2 aliphatic rings. The summed E-state index contributed by atoms with van der Waals surface area (Å²) in [5, 5.41) is 3.24. The summed E-state index contributed by atoms with van der Waals surface area (Å²) >= 11 is 3.51. The van der Waals surface area contributed by atoms with Crippen molar-refractivity contribution >= 4 is 27.7 Å². The highest BCUT2D eigenvalue weighted by Gasteiger charge is 2.48. The van der Waals surface area contributed by atoms with E-state index >= 15 is 0 Å². The molecule has 0 radical (unpaired) electrons. The number of aromatic nitrogens is 1. The third-order valence-corrected chi connectivity index (χ3v) is 7.18. The summed E-state index contributed by atoms with van der Waals surface area (Å²) in [6.45, 7) is 2.60. The number of furan rings is 1. The fraction of sp³-hybridized carbons (Fsp3) is 0.360. The summed E-state index contributed by atoms with van der Waals surface area (Å²) in [7, 11) is 0. The zero-order valence-corrected chi connectivity index (χ0v) is 19.6. The Kier molecular flexibility index (Phi) is 5.45. The van der Waals surface area contributed by atoms with Gasteiger partial charge in [-0.15, -0.1) is 0 Å². The first-order valence-electron chi connectivity index (χ1n) is 11.1. The van der Waals surface area contributed by atoms with Crippen molar-refractivity contribution in [3.8, 4) is 11.5 Å². The van der Waals surface area contributed by atoms with Crippen molar-refractivity contribution in [2.45, 2.75) is 57.3 Å². The van der Waals surface area contributed by atoms with Crippen molar-refractivity contribution in [1.29, 1.82) is 0 Å². The average Bonchev–Trinajstić information content (AvgIpc) is 3.52. The van der Waals surface area contributed by atoms with Gasteiger partial charge in [-0.05, 0) is 61.7 Å². The molecule has 5 rings (SSSR count). The van der Waals surface area contributed by atoms with Crippen molar-refractivity contribution in [3.05, 3.63) is 70.5 Å². The standard InChI is InChI=1S/C25H26BrN3O3/c1-25(24(31)27-19-8-2-3-9-19)16-28-20(22-10-5-13-32-22)11-12-21(28)23(30)29(25)15-17-6-4-7-18(26)14-17/h4-7,10-14,19H,2-3,8-9,15-16H2,1H3,(H,27,31)/t25-/m0/s1. The van der Waals surface area contributed by atoms with Crippen LogP contribution < -0.4 is 5.32 Å². The molecule has 32 heavy (non-hydrogen) atoms. The van der Waals surface area contributed by atoms with E-state index in [2.05, 4.69) is 21.2 Å². The summed E-state index contributed by atoms with van der Waals surface area (Å²) < 4.78 is 8.47. The largest absolute Gasteiger partial charge is 0.463 e. The molecule has 3 aromatic rings. The molecule has 1 aliphatic carbocycles. The maximum atomic E-state index is 13.7. The molecule has 0 spiro atoms. The second-order valence-corrected chi connectivity index (χ2v) is 9.83. The van der Waals surface area contributed by atoms with Gasteiger partial charge >= 0.3 is 0 Å². The fourth-order valence-corrected chi connectivity index (χ4v) is 5.34. The number of fused-ring (bicyclic) bond motifs is 1. The minimum atomic E-state index is -1.03. The lowest BCUT2D eigenvalue weighted by atomic mass is 9.93. The van der Waals surface area contributed by atoms with E-state index in [9.17, 15) is 9.59 Å². The van der Waals surface area contributed by atoms with Crippen molar-refractivity contribution in [2.24, 2.45) is 0 Å². The predicted octanol–water partition coefficient (Wildman–Crippen LogP) is 4.98. The summed E-state index contributed by atoms with van der Waals surface area (Å²) in [6.07, 6.45) is 5.87. The monoisotopic (exact) mass is 495 g/mol. The lowest BCUT2D eigenvalue weighted by Gasteiger charge is -2.44. The Morgan fingerprint density at radius 3 is 2.66 bits per heavy atom. The Balaban J connectivity index is 1.55. The van der Waals surface area contributed by atoms with Crippen LogP contribution in [0.25, 0.3) is 11.5 Å². The van der Waals surface area contributed by atoms with Gasteiger partial charge in [0.05, 0.1) is 18.5 Å². The molecule has 0 bridgehead atoms. The van der Waals surface area contributed by atoms with E-state index in [1.165, 1.54) is 0 Å². The minimum absolute atomic E-state index is 0.0995. The number of halogens is 1. The molecule has 1 saturated carbocycles. The van der Waals surface area contributed by atoms with Gasteiger partial charge in [-0.25, -0.2) is 0 Å². The highest BCUT2D eigenvalue weighted by Crippen LogP contribution is 2.35. The Labute approximate surface area is 195 Å². The van der Waals surface area contributed by atoms with E-state index in [0.29, 0.717) is 24.5 Å². The van der Waals surface area contributed by atoms with Gasteiger partial charge in [0.2, 0.25) is 5.91 Å². The maximum absolute atomic E-state index is 13.7. The molecule has 3 heterocycles. The van der Waals surface area contributed by atoms with E-state index in [1.807, 2.05) is 60.0 Å². The first-order valence-corrected chi connectivity index (χ1v) is 11.9. The van der Waals surface area contributed by atoms with Crippen LogP contribution in [0, 0.1) is 0 Å². The van der Waals surface area contributed by atoms with Gasteiger partial charge in [0.1, 0.15) is 17.0 Å². The van der Waals surface area contributed by atoms with Crippen LogP contribution in [0.3, 0.4) is 0 Å².